The second kappa shape index (κ2) is 10.4. The molecule has 1 amide bonds. The minimum Gasteiger partial charge on any atom is -0.494 e. The minimum absolute atomic E-state index is 0.220. The van der Waals surface area contributed by atoms with Crippen molar-refractivity contribution < 1.29 is 19.1 Å². The molecule has 0 spiro atoms. The van der Waals surface area contributed by atoms with Gasteiger partial charge in [0.05, 0.1) is 24.9 Å². The maximum absolute atomic E-state index is 12.5. The number of cyclic esters (lactones) is 1. The van der Waals surface area contributed by atoms with Crippen LogP contribution in [0.5, 0.6) is 5.75 Å². The van der Waals surface area contributed by atoms with Gasteiger partial charge < -0.3 is 20.1 Å². The zero-order valence-electron chi connectivity index (χ0n) is 17.9. The first-order chi connectivity index (χ1) is 16.0. The average molecular weight is 512 g/mol. The molecule has 170 valence electrons. The molecule has 1 aliphatic heterocycles. The first-order valence-electron chi connectivity index (χ1n) is 10.2. The Bertz CT molecular complexity index is 1220. The third-order valence-corrected chi connectivity index (χ3v) is 5.45. The lowest BCUT2D eigenvalue weighted by atomic mass is 10.2. The molecule has 10 heteroatoms. The van der Waals surface area contributed by atoms with E-state index in [2.05, 4.69) is 36.5 Å². The summed E-state index contributed by atoms with van der Waals surface area (Å²) in [6.07, 6.45) is 4.62. The van der Waals surface area contributed by atoms with Crippen LogP contribution in [0.1, 0.15) is 0 Å². The van der Waals surface area contributed by atoms with E-state index in [1.807, 2.05) is 29.2 Å². The van der Waals surface area contributed by atoms with Crippen molar-refractivity contribution in [2.24, 2.45) is 0 Å². The van der Waals surface area contributed by atoms with Gasteiger partial charge in [0, 0.05) is 40.8 Å². The van der Waals surface area contributed by atoms with Crippen molar-refractivity contribution in [3.63, 3.8) is 0 Å². The van der Waals surface area contributed by atoms with E-state index in [0.29, 0.717) is 42.5 Å². The first kappa shape index (κ1) is 22.7. The molecule has 1 saturated heterocycles. The van der Waals surface area contributed by atoms with Gasteiger partial charge >= 0.3 is 5.97 Å². The van der Waals surface area contributed by atoms with Crippen LogP contribution in [0.3, 0.4) is 0 Å². The normalized spacial score (nSPS) is 14.3. The summed E-state index contributed by atoms with van der Waals surface area (Å²) in [6.45, 7) is 1.71. The van der Waals surface area contributed by atoms with Crippen LogP contribution in [-0.4, -0.2) is 60.1 Å². The molecule has 0 aliphatic carbocycles. The Morgan fingerprint density at radius 2 is 2.18 bits per heavy atom. The average Bonchev–Trinajstić information content (AvgIpc) is 2.79. The van der Waals surface area contributed by atoms with Crippen molar-refractivity contribution in [1.82, 2.24) is 14.9 Å². The predicted octanol–water partition coefficient (Wildman–Crippen LogP) is 3.50. The number of fused-ring (bicyclic) bond motifs is 1. The number of nitrogens with one attached hydrogen (secondary N) is 2. The zero-order valence-corrected chi connectivity index (χ0v) is 19.5. The fourth-order valence-corrected chi connectivity index (χ4v) is 3.79. The number of anilines is 3. The van der Waals surface area contributed by atoms with Gasteiger partial charge in [-0.3, -0.25) is 14.5 Å². The fraction of sp³-hybridized carbons (Fsp3) is 0.217. The van der Waals surface area contributed by atoms with Gasteiger partial charge in [0.2, 0.25) is 5.91 Å². The lowest BCUT2D eigenvalue weighted by Crippen LogP contribution is -2.39. The quantitative estimate of drug-likeness (QED) is 0.366. The molecule has 1 aromatic heterocycles. The molecule has 1 fully saturated rings. The van der Waals surface area contributed by atoms with Gasteiger partial charge in [0.25, 0.3) is 0 Å². The maximum Gasteiger partial charge on any atom is 0.320 e. The highest BCUT2D eigenvalue weighted by molar-refractivity contribution is 9.10. The lowest BCUT2D eigenvalue weighted by molar-refractivity contribution is -0.150. The van der Waals surface area contributed by atoms with Crippen LogP contribution in [0.25, 0.3) is 10.9 Å². The van der Waals surface area contributed by atoms with E-state index in [-0.39, 0.29) is 18.4 Å². The molecule has 2 heterocycles. The summed E-state index contributed by atoms with van der Waals surface area (Å²) in [5.41, 5.74) is 2.02. The number of morpholine rings is 1. The monoisotopic (exact) mass is 511 g/mol. The minimum atomic E-state index is -0.314. The van der Waals surface area contributed by atoms with E-state index < -0.39 is 0 Å². The molecule has 4 rings (SSSR count). The van der Waals surface area contributed by atoms with E-state index >= 15 is 0 Å². The fourth-order valence-electron chi connectivity index (χ4n) is 3.39. The number of carbonyl (C=O) groups excluding carboxylic acids is 2. The SMILES string of the molecule is COc1cc2ncnc(Nc3cccc(Br)c3)c2cc1NC(=O)/C=C/CN1CCOC(=O)C1. The van der Waals surface area contributed by atoms with Crippen molar-refractivity contribution in [2.45, 2.75) is 0 Å². The number of hydrogen-bond donors (Lipinski definition) is 2. The predicted molar refractivity (Wildman–Crippen MR) is 129 cm³/mol. The van der Waals surface area contributed by atoms with Crippen LogP contribution < -0.4 is 15.4 Å². The maximum atomic E-state index is 12.5. The standard InChI is InChI=1S/C23H22BrN5O4/c1-32-20-12-18-17(23(26-14-25-18)27-16-5-2-4-15(24)10-16)11-19(20)28-21(30)6-3-7-29-8-9-33-22(31)13-29/h2-6,10-12,14H,7-9,13H2,1H3,(H,28,30)(H,25,26,27)/b6-3+. The van der Waals surface area contributed by atoms with Crippen molar-refractivity contribution >= 4 is 55.9 Å². The van der Waals surface area contributed by atoms with Gasteiger partial charge in [-0.25, -0.2) is 9.97 Å². The molecule has 33 heavy (non-hydrogen) atoms. The van der Waals surface area contributed by atoms with E-state index in [9.17, 15) is 9.59 Å². The van der Waals surface area contributed by atoms with Crippen LogP contribution in [0.2, 0.25) is 0 Å². The van der Waals surface area contributed by atoms with Crippen molar-refractivity contribution in [3.05, 3.63) is 59.4 Å². The largest absolute Gasteiger partial charge is 0.494 e. The van der Waals surface area contributed by atoms with Crippen molar-refractivity contribution in [3.8, 4) is 5.75 Å². The molecule has 2 N–H and O–H groups in total. The van der Waals surface area contributed by atoms with E-state index in [1.54, 1.807) is 18.2 Å². The van der Waals surface area contributed by atoms with Gasteiger partial charge in [-0.2, -0.15) is 0 Å². The zero-order chi connectivity index (χ0) is 23.2. The number of hydrogen-bond acceptors (Lipinski definition) is 8. The Morgan fingerprint density at radius 3 is 2.97 bits per heavy atom. The van der Waals surface area contributed by atoms with Gasteiger partial charge in [-0.15, -0.1) is 0 Å². The Labute approximate surface area is 198 Å². The summed E-state index contributed by atoms with van der Waals surface area (Å²) >= 11 is 3.46. The van der Waals surface area contributed by atoms with E-state index in [4.69, 9.17) is 9.47 Å². The van der Waals surface area contributed by atoms with E-state index in [1.165, 1.54) is 19.5 Å². The summed E-state index contributed by atoms with van der Waals surface area (Å²) in [6, 6.07) is 11.3. The number of nitrogens with zero attached hydrogens (tertiary/aromatic N) is 3. The van der Waals surface area contributed by atoms with Crippen LogP contribution in [0.4, 0.5) is 17.2 Å². The summed E-state index contributed by atoms with van der Waals surface area (Å²) in [5, 5.41) is 6.86. The second-order valence-corrected chi connectivity index (χ2v) is 8.19. The topological polar surface area (TPSA) is 106 Å². The first-order valence-corrected chi connectivity index (χ1v) is 11.0. The molecule has 0 unspecified atom stereocenters. The van der Waals surface area contributed by atoms with Crippen LogP contribution in [0, 0.1) is 0 Å². The molecule has 0 radical (unpaired) electrons. The number of ether oxygens (including phenoxy) is 2. The number of esters is 1. The molecular weight excluding hydrogens is 490 g/mol. The number of methoxy groups -OCH3 is 1. The van der Waals surface area contributed by atoms with Crippen LogP contribution in [-0.2, 0) is 14.3 Å². The highest BCUT2D eigenvalue weighted by atomic mass is 79.9. The molecule has 1 aliphatic rings. The van der Waals surface area contributed by atoms with E-state index in [0.717, 1.165) is 15.5 Å². The molecule has 0 atom stereocenters. The summed E-state index contributed by atoms with van der Waals surface area (Å²) in [7, 11) is 1.53. The molecule has 3 aromatic rings. The van der Waals surface area contributed by atoms with Crippen molar-refractivity contribution in [1.29, 1.82) is 0 Å². The van der Waals surface area contributed by atoms with Crippen LogP contribution in [0.15, 0.2) is 59.4 Å². The van der Waals surface area contributed by atoms with Gasteiger partial charge in [-0.05, 0) is 24.3 Å². The van der Waals surface area contributed by atoms with Gasteiger partial charge in [-0.1, -0.05) is 28.1 Å². The number of benzene rings is 2. The van der Waals surface area contributed by atoms with Crippen molar-refractivity contribution in [2.75, 3.05) is 44.0 Å². The van der Waals surface area contributed by atoms with Crippen LogP contribution >= 0.6 is 15.9 Å². The highest BCUT2D eigenvalue weighted by Gasteiger charge is 2.16. The number of halogens is 1. The number of carbonyl (C=O) groups is 2. The molecule has 9 nitrogen and oxygen atoms in total. The second-order valence-electron chi connectivity index (χ2n) is 7.27. The molecule has 2 aromatic carbocycles. The number of rotatable bonds is 7. The number of aromatic nitrogens is 2. The third-order valence-electron chi connectivity index (χ3n) is 4.96. The Kier molecular flexibility index (Phi) is 7.16. The summed E-state index contributed by atoms with van der Waals surface area (Å²) in [4.78, 5) is 34.5. The molecule has 0 bridgehead atoms. The third kappa shape index (κ3) is 5.85. The Hall–Kier alpha value is -3.50. The Balaban J connectivity index is 1.53. The summed E-state index contributed by atoms with van der Waals surface area (Å²) < 4.78 is 11.3. The van der Waals surface area contributed by atoms with Gasteiger partial charge in [0.15, 0.2) is 0 Å². The number of amides is 1. The molecule has 0 saturated carbocycles. The molecular formula is C23H22BrN5O4. The highest BCUT2D eigenvalue weighted by Crippen LogP contribution is 2.33. The summed E-state index contributed by atoms with van der Waals surface area (Å²) in [5.74, 6) is 0.513. The lowest BCUT2D eigenvalue weighted by Gasteiger charge is -2.24. The smallest absolute Gasteiger partial charge is 0.320 e. The Morgan fingerprint density at radius 1 is 1.30 bits per heavy atom. The van der Waals surface area contributed by atoms with Gasteiger partial charge in [0.1, 0.15) is 24.5 Å².